The standard InChI is InChI=1S/C19H19FN2O3/c20-15-3-5-16(6-4-15)25-12-19(24)21-10-9-13-1-7-17-14(11-13)2-8-18(23)22-17/h1,3-7,11H,2,8-10,12H2,(H,21,24)(H,22,23). The molecule has 2 aromatic carbocycles. The Morgan fingerprint density at radius 2 is 1.96 bits per heavy atom. The highest BCUT2D eigenvalue weighted by Gasteiger charge is 2.14. The molecule has 1 heterocycles. The lowest BCUT2D eigenvalue weighted by molar-refractivity contribution is -0.123. The van der Waals surface area contributed by atoms with Gasteiger partial charge in [0.15, 0.2) is 6.61 Å². The number of benzene rings is 2. The van der Waals surface area contributed by atoms with Crippen LogP contribution >= 0.6 is 0 Å². The van der Waals surface area contributed by atoms with Gasteiger partial charge in [0.05, 0.1) is 0 Å². The van der Waals surface area contributed by atoms with Gasteiger partial charge >= 0.3 is 0 Å². The van der Waals surface area contributed by atoms with E-state index in [9.17, 15) is 14.0 Å². The van der Waals surface area contributed by atoms with Crippen molar-refractivity contribution in [2.75, 3.05) is 18.5 Å². The first-order valence-electron chi connectivity index (χ1n) is 8.17. The summed E-state index contributed by atoms with van der Waals surface area (Å²) in [6.45, 7) is 0.388. The third-order valence-corrected chi connectivity index (χ3v) is 3.98. The number of aryl methyl sites for hydroxylation is 1. The van der Waals surface area contributed by atoms with Crippen LogP contribution in [0.15, 0.2) is 42.5 Å². The summed E-state index contributed by atoms with van der Waals surface area (Å²) in [6, 6.07) is 11.4. The largest absolute Gasteiger partial charge is 0.484 e. The molecular weight excluding hydrogens is 323 g/mol. The van der Waals surface area contributed by atoms with Crippen molar-refractivity contribution in [1.82, 2.24) is 5.32 Å². The van der Waals surface area contributed by atoms with Gasteiger partial charge in [-0.05, 0) is 54.3 Å². The average molecular weight is 342 g/mol. The fourth-order valence-electron chi connectivity index (χ4n) is 2.67. The molecule has 25 heavy (non-hydrogen) atoms. The minimum Gasteiger partial charge on any atom is -0.484 e. The van der Waals surface area contributed by atoms with Gasteiger partial charge in [-0.15, -0.1) is 0 Å². The molecule has 0 aromatic heterocycles. The normalized spacial score (nSPS) is 12.9. The average Bonchev–Trinajstić information content (AvgIpc) is 2.61. The second kappa shape index (κ2) is 7.79. The molecule has 3 rings (SSSR count). The van der Waals surface area contributed by atoms with Crippen molar-refractivity contribution in [1.29, 1.82) is 0 Å². The van der Waals surface area contributed by atoms with E-state index in [-0.39, 0.29) is 24.2 Å². The van der Waals surface area contributed by atoms with Gasteiger partial charge in [-0.2, -0.15) is 0 Å². The molecule has 2 amide bonds. The van der Waals surface area contributed by atoms with Gasteiger partial charge in [0.1, 0.15) is 11.6 Å². The van der Waals surface area contributed by atoms with Crippen molar-refractivity contribution in [3.05, 3.63) is 59.4 Å². The number of hydrogen-bond acceptors (Lipinski definition) is 3. The fourth-order valence-corrected chi connectivity index (χ4v) is 2.67. The van der Waals surface area contributed by atoms with Crippen LogP contribution in [0.4, 0.5) is 10.1 Å². The molecule has 130 valence electrons. The smallest absolute Gasteiger partial charge is 0.257 e. The van der Waals surface area contributed by atoms with Crippen molar-refractivity contribution in [3.8, 4) is 5.75 Å². The van der Waals surface area contributed by atoms with Gasteiger partial charge in [-0.1, -0.05) is 12.1 Å². The zero-order valence-electron chi connectivity index (χ0n) is 13.7. The van der Waals surface area contributed by atoms with Crippen molar-refractivity contribution in [2.24, 2.45) is 0 Å². The molecule has 2 N–H and O–H groups in total. The van der Waals surface area contributed by atoms with Crippen molar-refractivity contribution in [2.45, 2.75) is 19.3 Å². The summed E-state index contributed by atoms with van der Waals surface area (Å²) < 4.78 is 18.1. The van der Waals surface area contributed by atoms with Crippen LogP contribution < -0.4 is 15.4 Å². The monoisotopic (exact) mass is 342 g/mol. The van der Waals surface area contributed by atoms with Gasteiger partial charge in [0.2, 0.25) is 5.91 Å². The number of carbonyl (C=O) groups excluding carboxylic acids is 2. The highest BCUT2D eigenvalue weighted by Crippen LogP contribution is 2.23. The Morgan fingerprint density at radius 1 is 1.16 bits per heavy atom. The Balaban J connectivity index is 1.42. The molecular formula is C19H19FN2O3. The van der Waals surface area contributed by atoms with Crippen LogP contribution in [0.3, 0.4) is 0 Å². The van der Waals surface area contributed by atoms with Gasteiger partial charge in [0, 0.05) is 18.7 Å². The number of fused-ring (bicyclic) bond motifs is 1. The number of anilines is 1. The Morgan fingerprint density at radius 3 is 2.76 bits per heavy atom. The Hall–Kier alpha value is -2.89. The van der Waals surface area contributed by atoms with Gasteiger partial charge in [-0.3, -0.25) is 9.59 Å². The minimum atomic E-state index is -0.346. The van der Waals surface area contributed by atoms with Crippen LogP contribution in [0.2, 0.25) is 0 Å². The van der Waals surface area contributed by atoms with E-state index < -0.39 is 0 Å². The number of nitrogens with one attached hydrogen (secondary N) is 2. The number of ether oxygens (including phenoxy) is 1. The lowest BCUT2D eigenvalue weighted by Crippen LogP contribution is -2.30. The third kappa shape index (κ3) is 4.79. The molecule has 1 aliphatic rings. The molecule has 0 spiro atoms. The summed E-state index contributed by atoms with van der Waals surface area (Å²) in [5, 5.41) is 5.64. The summed E-state index contributed by atoms with van der Waals surface area (Å²) >= 11 is 0. The number of rotatable bonds is 6. The lowest BCUT2D eigenvalue weighted by Gasteiger charge is -2.17. The van der Waals surface area contributed by atoms with E-state index in [1.54, 1.807) is 0 Å². The molecule has 6 heteroatoms. The fraction of sp³-hybridized carbons (Fsp3) is 0.263. The maximum atomic E-state index is 12.8. The molecule has 0 atom stereocenters. The van der Waals surface area contributed by atoms with E-state index in [2.05, 4.69) is 16.7 Å². The summed E-state index contributed by atoms with van der Waals surface area (Å²) in [5.74, 6) is -0.0714. The van der Waals surface area contributed by atoms with Crippen molar-refractivity contribution < 1.29 is 18.7 Å². The lowest BCUT2D eigenvalue weighted by atomic mass is 9.99. The minimum absolute atomic E-state index is 0.0497. The SMILES string of the molecule is O=C(COc1ccc(F)cc1)NCCc1ccc2c(c1)CCC(=O)N2. The van der Waals surface area contributed by atoms with E-state index >= 15 is 0 Å². The van der Waals surface area contributed by atoms with Crippen LogP contribution in [-0.4, -0.2) is 25.0 Å². The molecule has 0 aliphatic carbocycles. The molecule has 0 fully saturated rings. The summed E-state index contributed by atoms with van der Waals surface area (Å²) in [6.07, 6.45) is 1.95. The molecule has 0 unspecified atom stereocenters. The maximum Gasteiger partial charge on any atom is 0.257 e. The second-order valence-electron chi connectivity index (χ2n) is 5.88. The van der Waals surface area contributed by atoms with E-state index in [1.807, 2.05) is 12.1 Å². The molecule has 0 saturated carbocycles. The summed E-state index contributed by atoms with van der Waals surface area (Å²) in [5.41, 5.74) is 3.11. The highest BCUT2D eigenvalue weighted by molar-refractivity contribution is 5.93. The van der Waals surface area contributed by atoms with Crippen LogP contribution in [0.5, 0.6) is 5.75 Å². The van der Waals surface area contributed by atoms with E-state index in [0.717, 1.165) is 23.2 Å². The van der Waals surface area contributed by atoms with Crippen molar-refractivity contribution in [3.63, 3.8) is 0 Å². The van der Waals surface area contributed by atoms with Crippen LogP contribution in [-0.2, 0) is 22.4 Å². The van der Waals surface area contributed by atoms with Crippen LogP contribution in [0, 0.1) is 5.82 Å². The number of halogens is 1. The first kappa shape index (κ1) is 17.0. The predicted molar refractivity (Wildman–Crippen MR) is 92.0 cm³/mol. The van der Waals surface area contributed by atoms with Crippen LogP contribution in [0.1, 0.15) is 17.5 Å². The highest BCUT2D eigenvalue weighted by atomic mass is 19.1. The number of hydrogen-bond donors (Lipinski definition) is 2. The first-order chi connectivity index (χ1) is 12.1. The van der Waals surface area contributed by atoms with Crippen LogP contribution in [0.25, 0.3) is 0 Å². The van der Waals surface area contributed by atoms with E-state index in [4.69, 9.17) is 4.74 Å². The molecule has 5 nitrogen and oxygen atoms in total. The van der Waals surface area contributed by atoms with E-state index in [1.165, 1.54) is 24.3 Å². The molecule has 2 aromatic rings. The summed E-state index contributed by atoms with van der Waals surface area (Å²) in [7, 11) is 0. The molecule has 0 radical (unpaired) electrons. The first-order valence-corrected chi connectivity index (χ1v) is 8.17. The Bertz CT molecular complexity index is 775. The zero-order chi connectivity index (χ0) is 17.6. The van der Waals surface area contributed by atoms with E-state index in [0.29, 0.717) is 25.1 Å². The number of carbonyl (C=O) groups is 2. The van der Waals surface area contributed by atoms with Crippen molar-refractivity contribution >= 4 is 17.5 Å². The second-order valence-corrected chi connectivity index (χ2v) is 5.88. The van der Waals surface area contributed by atoms with Gasteiger partial charge in [-0.25, -0.2) is 4.39 Å². The van der Waals surface area contributed by atoms with Gasteiger partial charge in [0.25, 0.3) is 5.91 Å². The Labute approximate surface area is 145 Å². The maximum absolute atomic E-state index is 12.8. The number of amides is 2. The third-order valence-electron chi connectivity index (χ3n) is 3.98. The molecule has 1 aliphatic heterocycles. The molecule has 0 bridgehead atoms. The Kier molecular flexibility index (Phi) is 5.28. The topological polar surface area (TPSA) is 67.4 Å². The predicted octanol–water partition coefficient (Wildman–Crippen LogP) is 2.45. The van der Waals surface area contributed by atoms with Gasteiger partial charge < -0.3 is 15.4 Å². The summed E-state index contributed by atoms with van der Waals surface area (Å²) in [4.78, 5) is 23.1. The quantitative estimate of drug-likeness (QED) is 0.847. The zero-order valence-corrected chi connectivity index (χ0v) is 13.7. The molecule has 0 saturated heterocycles.